The maximum atomic E-state index is 13.1. The number of carboxylic acids is 1. The van der Waals surface area contributed by atoms with Crippen LogP contribution in [0.25, 0.3) is 0 Å². The van der Waals surface area contributed by atoms with Crippen molar-refractivity contribution in [3.8, 4) is 0 Å². The number of sulfone groups is 1. The van der Waals surface area contributed by atoms with E-state index in [9.17, 15) is 23.1 Å². The molecule has 2 fully saturated rings. The molecule has 0 saturated carbocycles. The molecular weight excluding hydrogens is 358 g/mol. The maximum Gasteiger partial charge on any atom is 0.311 e. The Balaban J connectivity index is 1.98. The highest BCUT2D eigenvalue weighted by atomic mass is 32.2. The summed E-state index contributed by atoms with van der Waals surface area (Å²) >= 11 is 0. The van der Waals surface area contributed by atoms with Gasteiger partial charge in [0.1, 0.15) is 0 Å². The van der Waals surface area contributed by atoms with Gasteiger partial charge in [0.05, 0.1) is 16.9 Å². The number of nitrogens with zero attached hydrogens (tertiary/aromatic N) is 1. The van der Waals surface area contributed by atoms with E-state index < -0.39 is 21.2 Å². The predicted octanol–water partition coefficient (Wildman–Crippen LogP) is 1.27. The lowest BCUT2D eigenvalue weighted by atomic mass is 9.74. The first-order valence-corrected chi connectivity index (χ1v) is 10.4. The Kier molecular flexibility index (Phi) is 4.60. The zero-order valence-electron chi connectivity index (χ0n) is 15.1. The van der Waals surface area contributed by atoms with Gasteiger partial charge in [-0.15, -0.1) is 0 Å². The molecule has 7 nitrogen and oxygen atoms in total. The molecule has 1 aromatic carbocycles. The van der Waals surface area contributed by atoms with Crippen LogP contribution in [0.2, 0.25) is 0 Å². The Bertz CT molecular complexity index is 878. The van der Waals surface area contributed by atoms with E-state index in [-0.39, 0.29) is 23.3 Å². The molecule has 0 spiro atoms. The lowest BCUT2D eigenvalue weighted by Crippen LogP contribution is -2.45. The van der Waals surface area contributed by atoms with Gasteiger partial charge < -0.3 is 14.7 Å². The van der Waals surface area contributed by atoms with Crippen molar-refractivity contribution in [3.63, 3.8) is 0 Å². The zero-order valence-corrected chi connectivity index (χ0v) is 15.9. The van der Waals surface area contributed by atoms with Gasteiger partial charge in [0.2, 0.25) is 0 Å². The van der Waals surface area contributed by atoms with Crippen molar-refractivity contribution in [3.05, 3.63) is 28.8 Å². The number of amides is 1. The average Bonchev–Trinajstić information content (AvgIpc) is 2.96. The highest BCUT2D eigenvalue weighted by Crippen LogP contribution is 2.43. The van der Waals surface area contributed by atoms with Crippen molar-refractivity contribution in [1.82, 2.24) is 4.90 Å². The van der Waals surface area contributed by atoms with Gasteiger partial charge in [0.25, 0.3) is 5.91 Å². The Labute approximate surface area is 152 Å². The largest absolute Gasteiger partial charge is 0.481 e. The molecule has 142 valence electrons. The molecule has 0 bridgehead atoms. The third kappa shape index (κ3) is 3.01. The molecule has 3 rings (SSSR count). The number of carbonyl (C=O) groups is 2. The van der Waals surface area contributed by atoms with Crippen LogP contribution < -0.4 is 0 Å². The SMILES string of the molecule is Cc1cc(S(C)(=O)=O)cc(C(=O)N2C[C@H]3COCC[C@@]3(C(=O)O)C2)c1C. The third-order valence-electron chi connectivity index (χ3n) is 5.72. The van der Waals surface area contributed by atoms with Crippen LogP contribution in [0, 0.1) is 25.2 Å². The van der Waals surface area contributed by atoms with Gasteiger partial charge in [-0.25, -0.2) is 8.42 Å². The summed E-state index contributed by atoms with van der Waals surface area (Å²) < 4.78 is 29.3. The number of hydrogen-bond donors (Lipinski definition) is 1. The van der Waals surface area contributed by atoms with E-state index in [0.29, 0.717) is 42.9 Å². The number of benzene rings is 1. The van der Waals surface area contributed by atoms with E-state index in [1.54, 1.807) is 19.9 Å². The first kappa shape index (κ1) is 18.8. The highest BCUT2D eigenvalue weighted by Gasteiger charge is 2.55. The first-order chi connectivity index (χ1) is 12.1. The van der Waals surface area contributed by atoms with Crippen molar-refractivity contribution in [2.45, 2.75) is 25.2 Å². The molecule has 0 unspecified atom stereocenters. The minimum atomic E-state index is -3.45. The highest BCUT2D eigenvalue weighted by molar-refractivity contribution is 7.90. The van der Waals surface area contributed by atoms with Gasteiger partial charge in [-0.2, -0.15) is 0 Å². The second kappa shape index (κ2) is 6.35. The number of aliphatic carboxylic acids is 1. The van der Waals surface area contributed by atoms with Crippen LogP contribution in [0.15, 0.2) is 17.0 Å². The summed E-state index contributed by atoms with van der Waals surface area (Å²) in [5, 5.41) is 9.75. The van der Waals surface area contributed by atoms with E-state index in [0.717, 1.165) is 6.26 Å². The molecular formula is C18H23NO6S. The predicted molar refractivity (Wildman–Crippen MR) is 93.9 cm³/mol. The molecule has 0 aromatic heterocycles. The van der Waals surface area contributed by atoms with Gasteiger partial charge in [-0.05, 0) is 43.5 Å². The van der Waals surface area contributed by atoms with Gasteiger partial charge >= 0.3 is 5.97 Å². The normalized spacial score (nSPS) is 25.8. The van der Waals surface area contributed by atoms with E-state index >= 15 is 0 Å². The number of carbonyl (C=O) groups excluding carboxylic acids is 1. The van der Waals surface area contributed by atoms with E-state index in [1.165, 1.54) is 11.0 Å². The summed E-state index contributed by atoms with van der Waals surface area (Å²) in [4.78, 5) is 26.6. The number of hydrogen-bond acceptors (Lipinski definition) is 5. The van der Waals surface area contributed by atoms with Crippen molar-refractivity contribution >= 4 is 21.7 Å². The van der Waals surface area contributed by atoms with Crippen molar-refractivity contribution in [1.29, 1.82) is 0 Å². The molecule has 0 aliphatic carbocycles. The topological polar surface area (TPSA) is 101 Å². The Morgan fingerprint density at radius 1 is 1.31 bits per heavy atom. The smallest absolute Gasteiger partial charge is 0.311 e. The number of rotatable bonds is 3. The molecule has 8 heteroatoms. The summed E-state index contributed by atoms with van der Waals surface area (Å²) in [7, 11) is -3.45. The van der Waals surface area contributed by atoms with E-state index in [2.05, 4.69) is 0 Å². The van der Waals surface area contributed by atoms with Gasteiger partial charge in [-0.1, -0.05) is 0 Å². The summed E-state index contributed by atoms with van der Waals surface area (Å²) in [5.41, 5.74) is 0.748. The number of fused-ring (bicyclic) bond motifs is 1. The van der Waals surface area contributed by atoms with Gasteiger partial charge in [-0.3, -0.25) is 9.59 Å². The lowest BCUT2D eigenvalue weighted by molar-refractivity contribution is -0.157. The Morgan fingerprint density at radius 2 is 2.00 bits per heavy atom. The fourth-order valence-corrected chi connectivity index (χ4v) is 4.61. The minimum Gasteiger partial charge on any atom is -0.481 e. The molecule has 1 amide bonds. The van der Waals surface area contributed by atoms with Crippen LogP contribution in [-0.4, -0.2) is 62.9 Å². The van der Waals surface area contributed by atoms with Gasteiger partial charge in [0.15, 0.2) is 9.84 Å². The van der Waals surface area contributed by atoms with E-state index in [4.69, 9.17) is 4.74 Å². The quantitative estimate of drug-likeness (QED) is 0.846. The molecule has 26 heavy (non-hydrogen) atoms. The van der Waals surface area contributed by atoms with E-state index in [1.807, 2.05) is 0 Å². The second-order valence-corrected chi connectivity index (χ2v) is 9.37. The summed E-state index contributed by atoms with van der Waals surface area (Å²) in [6.45, 7) is 4.64. The van der Waals surface area contributed by atoms with Crippen LogP contribution in [0.3, 0.4) is 0 Å². The first-order valence-electron chi connectivity index (χ1n) is 8.48. The molecule has 1 aromatic rings. The monoisotopic (exact) mass is 381 g/mol. The fourth-order valence-electron chi connectivity index (χ4n) is 3.89. The fraction of sp³-hybridized carbons (Fsp3) is 0.556. The lowest BCUT2D eigenvalue weighted by Gasteiger charge is -2.33. The van der Waals surface area contributed by atoms with Crippen LogP contribution in [0.1, 0.15) is 27.9 Å². The maximum absolute atomic E-state index is 13.1. The summed E-state index contributed by atoms with van der Waals surface area (Å²) in [5.74, 6) is -1.48. The van der Waals surface area contributed by atoms with Crippen LogP contribution in [0.5, 0.6) is 0 Å². The summed E-state index contributed by atoms with van der Waals surface area (Å²) in [6, 6.07) is 2.95. The average molecular weight is 381 g/mol. The zero-order chi connectivity index (χ0) is 19.3. The van der Waals surface area contributed by atoms with Crippen LogP contribution in [-0.2, 0) is 19.4 Å². The second-order valence-electron chi connectivity index (χ2n) is 7.35. The minimum absolute atomic E-state index is 0.0943. The van der Waals surface area contributed by atoms with Crippen molar-refractivity contribution < 1.29 is 27.9 Å². The number of carboxylic acid groups (broad SMARTS) is 1. The van der Waals surface area contributed by atoms with Gasteiger partial charge in [0, 0.05) is 37.4 Å². The summed E-state index contributed by atoms with van der Waals surface area (Å²) in [6.07, 6.45) is 1.48. The van der Waals surface area contributed by atoms with Crippen molar-refractivity contribution in [2.75, 3.05) is 32.6 Å². The molecule has 2 aliphatic rings. The molecule has 1 N–H and O–H groups in total. The standard InChI is InChI=1S/C18H23NO6S/c1-11-6-14(26(3,23)24)7-15(12(11)2)16(20)19-8-13-9-25-5-4-18(13,10-19)17(21)22/h6-7,13H,4-5,8-10H2,1-3H3,(H,21,22)/t13-,18+/m0/s1. The third-order valence-corrected chi connectivity index (χ3v) is 6.81. The number of ether oxygens (including phenoxy) is 1. The molecule has 2 aliphatic heterocycles. The Hall–Kier alpha value is -1.93. The molecule has 0 radical (unpaired) electrons. The number of aryl methyl sites for hydroxylation is 1. The molecule has 2 heterocycles. The van der Waals surface area contributed by atoms with Crippen LogP contribution >= 0.6 is 0 Å². The Morgan fingerprint density at radius 3 is 2.58 bits per heavy atom. The molecule has 2 saturated heterocycles. The molecule has 2 atom stereocenters. The van der Waals surface area contributed by atoms with Crippen molar-refractivity contribution in [2.24, 2.45) is 11.3 Å². The number of likely N-dealkylation sites (tertiary alicyclic amines) is 1. The van der Waals surface area contributed by atoms with Crippen LogP contribution in [0.4, 0.5) is 0 Å².